The normalized spacial score (nSPS) is 18.5. The van der Waals surface area contributed by atoms with Crippen LogP contribution in [-0.2, 0) is 16.1 Å². The van der Waals surface area contributed by atoms with Crippen molar-refractivity contribution in [3.63, 3.8) is 0 Å². The molecule has 21 heavy (non-hydrogen) atoms. The molecule has 1 aliphatic heterocycles. The minimum absolute atomic E-state index is 0.0343. The molecule has 6 nitrogen and oxygen atoms in total. The smallest absolute Gasteiger partial charge is 0.249 e. The molecule has 0 saturated carbocycles. The van der Waals surface area contributed by atoms with E-state index in [1.54, 1.807) is 7.11 Å². The Morgan fingerprint density at radius 3 is 2.95 bits per heavy atom. The summed E-state index contributed by atoms with van der Waals surface area (Å²) in [4.78, 5) is 25.1. The molecule has 0 spiro atoms. The molecule has 116 valence electrons. The van der Waals surface area contributed by atoms with Crippen molar-refractivity contribution in [2.45, 2.75) is 32.4 Å². The summed E-state index contributed by atoms with van der Waals surface area (Å²) in [6.07, 6.45) is 3.84. The van der Waals surface area contributed by atoms with Crippen molar-refractivity contribution >= 4 is 5.91 Å². The van der Waals surface area contributed by atoms with E-state index >= 15 is 0 Å². The molecule has 0 unspecified atom stereocenters. The van der Waals surface area contributed by atoms with E-state index in [0.717, 1.165) is 43.0 Å². The van der Waals surface area contributed by atoms with Gasteiger partial charge >= 0.3 is 0 Å². The summed E-state index contributed by atoms with van der Waals surface area (Å²) in [5.41, 5.74) is 2.07. The van der Waals surface area contributed by atoms with Gasteiger partial charge in [-0.1, -0.05) is 0 Å². The Balaban J connectivity index is 2.30. The zero-order valence-corrected chi connectivity index (χ0v) is 13.3. The number of hydrogen-bond acceptors (Lipinski definition) is 5. The molecule has 0 N–H and O–H groups in total. The van der Waals surface area contributed by atoms with Gasteiger partial charge in [-0.2, -0.15) is 0 Å². The van der Waals surface area contributed by atoms with E-state index in [2.05, 4.69) is 14.9 Å². The van der Waals surface area contributed by atoms with Crippen LogP contribution in [0, 0.1) is 6.92 Å². The molecule has 2 rings (SSSR count). The second kappa shape index (κ2) is 6.95. The third-order valence-corrected chi connectivity index (χ3v) is 3.66. The number of ether oxygens (including phenoxy) is 1. The van der Waals surface area contributed by atoms with Crippen LogP contribution in [0.1, 0.15) is 36.0 Å². The summed E-state index contributed by atoms with van der Waals surface area (Å²) in [7, 11) is 5.59. The highest BCUT2D eigenvalue weighted by Crippen LogP contribution is 2.32. The molecule has 2 heterocycles. The van der Waals surface area contributed by atoms with Gasteiger partial charge in [0.15, 0.2) is 0 Å². The molecular weight excluding hydrogens is 268 g/mol. The van der Waals surface area contributed by atoms with Crippen LogP contribution in [0.25, 0.3) is 0 Å². The van der Waals surface area contributed by atoms with Crippen molar-refractivity contribution in [2.24, 2.45) is 0 Å². The van der Waals surface area contributed by atoms with Crippen LogP contribution in [0.4, 0.5) is 0 Å². The van der Waals surface area contributed by atoms with Gasteiger partial charge in [0.1, 0.15) is 12.4 Å². The van der Waals surface area contributed by atoms with Crippen molar-refractivity contribution < 1.29 is 9.53 Å². The Labute approximate surface area is 126 Å². The van der Waals surface area contributed by atoms with Gasteiger partial charge in [0.2, 0.25) is 5.91 Å². The van der Waals surface area contributed by atoms with Crippen LogP contribution in [0.15, 0.2) is 6.20 Å². The number of carbonyl (C=O) groups is 1. The van der Waals surface area contributed by atoms with Crippen LogP contribution in [-0.4, -0.2) is 60.0 Å². The van der Waals surface area contributed by atoms with E-state index in [-0.39, 0.29) is 18.6 Å². The Hall–Kier alpha value is -1.53. The summed E-state index contributed by atoms with van der Waals surface area (Å²) < 4.78 is 4.99. The summed E-state index contributed by atoms with van der Waals surface area (Å²) in [5, 5.41) is 0. The highest BCUT2D eigenvalue weighted by atomic mass is 16.5. The minimum Gasteiger partial charge on any atom is -0.375 e. The third kappa shape index (κ3) is 3.77. The number of methoxy groups -OCH3 is 1. The molecule has 1 fully saturated rings. The van der Waals surface area contributed by atoms with Crippen LogP contribution in [0.3, 0.4) is 0 Å². The predicted octanol–water partition coefficient (Wildman–Crippen LogP) is 1.16. The van der Waals surface area contributed by atoms with Crippen LogP contribution in [0.5, 0.6) is 0 Å². The van der Waals surface area contributed by atoms with Crippen LogP contribution in [0.2, 0.25) is 0 Å². The largest absolute Gasteiger partial charge is 0.375 e. The first-order chi connectivity index (χ1) is 10.0. The predicted molar refractivity (Wildman–Crippen MR) is 79.7 cm³/mol. The summed E-state index contributed by atoms with van der Waals surface area (Å²) in [6, 6.07) is 0.0456. The Morgan fingerprint density at radius 2 is 2.29 bits per heavy atom. The lowest BCUT2D eigenvalue weighted by Gasteiger charge is -2.26. The molecule has 0 aliphatic carbocycles. The summed E-state index contributed by atoms with van der Waals surface area (Å²) in [6.45, 7) is 3.57. The molecule has 1 atom stereocenters. The second-order valence-electron chi connectivity index (χ2n) is 5.74. The van der Waals surface area contributed by atoms with Crippen molar-refractivity contribution in [1.29, 1.82) is 0 Å². The second-order valence-corrected chi connectivity index (χ2v) is 5.74. The standard InChI is InChI=1S/C15H24N4O2/c1-11-16-8-12(9-18(2)3)15(17-11)13-6-5-7-19(13)14(20)10-21-4/h8,13H,5-7,9-10H2,1-4H3/t13-/m1/s1. The molecule has 1 saturated heterocycles. The Kier molecular flexibility index (Phi) is 5.25. The van der Waals surface area contributed by atoms with Crippen molar-refractivity contribution in [2.75, 3.05) is 34.4 Å². The lowest BCUT2D eigenvalue weighted by molar-refractivity contribution is -0.136. The SMILES string of the molecule is COCC(=O)N1CCC[C@@H]1c1nc(C)ncc1CN(C)C. The zero-order chi connectivity index (χ0) is 15.4. The minimum atomic E-state index is 0.0343. The van der Waals surface area contributed by atoms with Gasteiger partial charge < -0.3 is 14.5 Å². The maximum absolute atomic E-state index is 12.2. The molecule has 0 radical (unpaired) electrons. The first-order valence-electron chi connectivity index (χ1n) is 7.28. The molecular formula is C15H24N4O2. The van der Waals surface area contributed by atoms with E-state index < -0.39 is 0 Å². The van der Waals surface area contributed by atoms with E-state index in [1.807, 2.05) is 32.1 Å². The fourth-order valence-corrected chi connectivity index (χ4v) is 2.82. The number of aromatic nitrogens is 2. The first kappa shape index (κ1) is 15.9. The summed E-state index contributed by atoms with van der Waals surface area (Å²) >= 11 is 0. The number of nitrogens with zero attached hydrogens (tertiary/aromatic N) is 4. The number of hydrogen-bond donors (Lipinski definition) is 0. The van der Waals surface area contributed by atoms with Gasteiger partial charge in [0, 0.05) is 32.0 Å². The molecule has 1 aliphatic rings. The maximum Gasteiger partial charge on any atom is 0.249 e. The zero-order valence-electron chi connectivity index (χ0n) is 13.3. The number of aryl methyl sites for hydroxylation is 1. The molecule has 0 bridgehead atoms. The first-order valence-corrected chi connectivity index (χ1v) is 7.28. The van der Waals surface area contributed by atoms with E-state index in [4.69, 9.17) is 4.74 Å². The lowest BCUT2D eigenvalue weighted by Crippen LogP contribution is -2.34. The molecule has 1 aromatic heterocycles. The number of amides is 1. The van der Waals surface area contributed by atoms with Crippen LogP contribution >= 0.6 is 0 Å². The number of rotatable bonds is 5. The van der Waals surface area contributed by atoms with Gasteiger partial charge in [-0.25, -0.2) is 9.97 Å². The van der Waals surface area contributed by atoms with E-state index in [9.17, 15) is 4.79 Å². The van der Waals surface area contributed by atoms with Crippen LogP contribution < -0.4 is 0 Å². The lowest BCUT2D eigenvalue weighted by atomic mass is 10.1. The monoisotopic (exact) mass is 292 g/mol. The third-order valence-electron chi connectivity index (χ3n) is 3.66. The van der Waals surface area contributed by atoms with Crippen molar-refractivity contribution in [3.8, 4) is 0 Å². The van der Waals surface area contributed by atoms with Gasteiger partial charge in [0.25, 0.3) is 0 Å². The average Bonchev–Trinajstić information content (AvgIpc) is 2.89. The number of carbonyl (C=O) groups excluding carboxylic acids is 1. The average molecular weight is 292 g/mol. The number of likely N-dealkylation sites (tertiary alicyclic amines) is 1. The van der Waals surface area contributed by atoms with Gasteiger partial charge in [-0.3, -0.25) is 4.79 Å². The Bertz CT molecular complexity index is 504. The Morgan fingerprint density at radius 1 is 1.52 bits per heavy atom. The highest BCUT2D eigenvalue weighted by Gasteiger charge is 2.32. The summed E-state index contributed by atoms with van der Waals surface area (Å²) in [5.74, 6) is 0.783. The maximum atomic E-state index is 12.2. The van der Waals surface area contributed by atoms with E-state index in [0.29, 0.717) is 0 Å². The van der Waals surface area contributed by atoms with Crippen molar-refractivity contribution in [3.05, 3.63) is 23.3 Å². The fourth-order valence-electron chi connectivity index (χ4n) is 2.82. The fraction of sp³-hybridized carbons (Fsp3) is 0.667. The molecule has 0 aromatic carbocycles. The van der Waals surface area contributed by atoms with Gasteiger partial charge in [-0.15, -0.1) is 0 Å². The van der Waals surface area contributed by atoms with Gasteiger partial charge in [0.05, 0.1) is 11.7 Å². The van der Waals surface area contributed by atoms with Gasteiger partial charge in [-0.05, 0) is 33.9 Å². The molecule has 6 heteroatoms. The molecule has 1 aromatic rings. The quantitative estimate of drug-likeness (QED) is 0.815. The van der Waals surface area contributed by atoms with E-state index in [1.165, 1.54) is 0 Å². The van der Waals surface area contributed by atoms with Crippen molar-refractivity contribution in [1.82, 2.24) is 19.8 Å². The highest BCUT2D eigenvalue weighted by molar-refractivity contribution is 5.78. The molecule has 1 amide bonds. The topological polar surface area (TPSA) is 58.6 Å².